The average Bonchev–Trinajstić information content (AvgIpc) is 2.83. The van der Waals surface area contributed by atoms with Gasteiger partial charge in [0.1, 0.15) is 17.1 Å². The highest BCUT2D eigenvalue weighted by Gasteiger charge is 2.28. The maximum absolute atomic E-state index is 14.6. The van der Waals surface area contributed by atoms with Crippen LogP contribution in [-0.4, -0.2) is 19.5 Å². The Kier molecular flexibility index (Phi) is 3.60. The van der Waals surface area contributed by atoms with Gasteiger partial charge in [-0.05, 0) is 31.2 Å². The van der Waals surface area contributed by atoms with Gasteiger partial charge in [-0.25, -0.2) is 21.2 Å². The Bertz CT molecular complexity index is 995. The third-order valence-electron chi connectivity index (χ3n) is 3.64. The van der Waals surface area contributed by atoms with Crippen LogP contribution >= 0.6 is 0 Å². The number of benzene rings is 2. The minimum Gasteiger partial charge on any atom is -0.496 e. The van der Waals surface area contributed by atoms with Crippen LogP contribution in [0.15, 0.2) is 47.4 Å². The number of hydrogen-bond acceptors (Lipinski definition) is 3. The highest BCUT2D eigenvalue weighted by Crippen LogP contribution is 2.36. The zero-order chi connectivity index (χ0) is 16.8. The van der Waals surface area contributed by atoms with Gasteiger partial charge in [-0.2, -0.15) is 0 Å². The average molecular weight is 337 g/mol. The molecule has 3 rings (SSSR count). The summed E-state index contributed by atoms with van der Waals surface area (Å²) < 4.78 is 60.2. The summed E-state index contributed by atoms with van der Waals surface area (Å²) in [5.41, 5.74) is -0.560. The van der Waals surface area contributed by atoms with Crippen molar-refractivity contribution in [1.82, 2.24) is 3.97 Å². The molecule has 0 N–H and O–H groups in total. The number of methoxy groups -OCH3 is 1. The Labute approximate surface area is 132 Å². The smallest absolute Gasteiger partial charge is 0.268 e. The topological polar surface area (TPSA) is 48.3 Å². The Morgan fingerprint density at radius 2 is 1.70 bits per heavy atom. The second kappa shape index (κ2) is 5.34. The standard InChI is InChI=1S/C16H13F2NO3S/c1-10-15(18)14-13(22-2)9-8-12(17)16(14)19(10)23(20,21)11-6-4-3-5-7-11/h3-9H,1-2H3. The van der Waals surface area contributed by atoms with Crippen molar-refractivity contribution in [3.05, 3.63) is 59.8 Å². The van der Waals surface area contributed by atoms with Crippen LogP contribution in [0, 0.1) is 18.6 Å². The van der Waals surface area contributed by atoms with Gasteiger partial charge in [-0.3, -0.25) is 0 Å². The quantitative estimate of drug-likeness (QED) is 0.735. The Morgan fingerprint density at radius 1 is 1.04 bits per heavy atom. The molecule has 3 aromatic rings. The van der Waals surface area contributed by atoms with Crippen LogP contribution in [0.25, 0.3) is 10.9 Å². The number of halogens is 2. The number of ether oxygens (including phenoxy) is 1. The number of hydrogen-bond donors (Lipinski definition) is 0. The fraction of sp³-hybridized carbons (Fsp3) is 0.125. The first-order valence-corrected chi connectivity index (χ1v) is 8.17. The molecule has 1 heterocycles. The minimum atomic E-state index is -4.14. The van der Waals surface area contributed by atoms with E-state index in [1.54, 1.807) is 18.2 Å². The highest BCUT2D eigenvalue weighted by atomic mass is 32.2. The van der Waals surface area contributed by atoms with Gasteiger partial charge in [0.05, 0.1) is 23.1 Å². The van der Waals surface area contributed by atoms with Crippen molar-refractivity contribution >= 4 is 20.9 Å². The second-order valence-corrected chi connectivity index (χ2v) is 6.74. The van der Waals surface area contributed by atoms with Gasteiger partial charge in [-0.15, -0.1) is 0 Å². The van der Waals surface area contributed by atoms with E-state index in [-0.39, 0.29) is 27.2 Å². The van der Waals surface area contributed by atoms with Crippen molar-refractivity contribution in [2.24, 2.45) is 0 Å². The lowest BCUT2D eigenvalue weighted by molar-refractivity contribution is 0.417. The first-order valence-electron chi connectivity index (χ1n) is 6.73. The first kappa shape index (κ1) is 15.5. The maximum atomic E-state index is 14.6. The SMILES string of the molecule is COc1ccc(F)c2c1c(F)c(C)n2S(=O)(=O)c1ccccc1. The van der Waals surface area contributed by atoms with E-state index >= 15 is 0 Å². The van der Waals surface area contributed by atoms with Crippen LogP contribution in [0.1, 0.15) is 5.69 Å². The van der Waals surface area contributed by atoms with E-state index in [9.17, 15) is 17.2 Å². The molecule has 4 nitrogen and oxygen atoms in total. The molecule has 0 atom stereocenters. The number of rotatable bonds is 3. The van der Waals surface area contributed by atoms with Crippen molar-refractivity contribution in [2.45, 2.75) is 11.8 Å². The summed E-state index contributed by atoms with van der Waals surface area (Å²) in [7, 11) is -2.83. The Hall–Kier alpha value is -2.41. The predicted octanol–water partition coefficient (Wildman–Crippen LogP) is 3.47. The van der Waals surface area contributed by atoms with Gasteiger partial charge in [0, 0.05) is 0 Å². The molecule has 0 radical (unpaired) electrons. The number of aromatic nitrogens is 1. The van der Waals surface area contributed by atoms with Crippen molar-refractivity contribution < 1.29 is 21.9 Å². The molecular weight excluding hydrogens is 324 g/mol. The lowest BCUT2D eigenvalue weighted by Gasteiger charge is -2.10. The van der Waals surface area contributed by atoms with Crippen LogP contribution in [0.2, 0.25) is 0 Å². The lowest BCUT2D eigenvalue weighted by atomic mass is 10.2. The van der Waals surface area contributed by atoms with E-state index in [0.717, 1.165) is 6.07 Å². The van der Waals surface area contributed by atoms with Gasteiger partial charge in [0.2, 0.25) is 0 Å². The fourth-order valence-electron chi connectivity index (χ4n) is 2.56. The monoisotopic (exact) mass is 337 g/mol. The van der Waals surface area contributed by atoms with Gasteiger partial charge in [-0.1, -0.05) is 18.2 Å². The first-order chi connectivity index (χ1) is 10.9. The van der Waals surface area contributed by atoms with Gasteiger partial charge in [0.25, 0.3) is 10.0 Å². The predicted molar refractivity (Wildman–Crippen MR) is 82.2 cm³/mol. The molecule has 0 aliphatic heterocycles. The van der Waals surface area contributed by atoms with E-state index in [1.807, 2.05) is 0 Å². The third-order valence-corrected chi connectivity index (χ3v) is 5.44. The largest absolute Gasteiger partial charge is 0.496 e. The molecule has 0 bridgehead atoms. The van der Waals surface area contributed by atoms with Crippen molar-refractivity contribution in [3.63, 3.8) is 0 Å². The van der Waals surface area contributed by atoms with E-state index in [1.165, 1.54) is 32.2 Å². The van der Waals surface area contributed by atoms with Crippen molar-refractivity contribution in [2.75, 3.05) is 7.11 Å². The summed E-state index contributed by atoms with van der Waals surface area (Å²) in [6.07, 6.45) is 0. The maximum Gasteiger partial charge on any atom is 0.268 e. The summed E-state index contributed by atoms with van der Waals surface area (Å²) >= 11 is 0. The molecular formula is C16H13F2NO3S. The summed E-state index contributed by atoms with van der Waals surface area (Å²) in [4.78, 5) is -0.0535. The van der Waals surface area contributed by atoms with Crippen LogP contribution in [0.4, 0.5) is 8.78 Å². The van der Waals surface area contributed by atoms with E-state index < -0.39 is 21.7 Å². The van der Waals surface area contributed by atoms with Crippen LogP contribution in [-0.2, 0) is 10.0 Å². The molecule has 0 spiro atoms. The number of nitrogens with zero attached hydrogens (tertiary/aromatic N) is 1. The van der Waals surface area contributed by atoms with E-state index in [0.29, 0.717) is 3.97 Å². The zero-order valence-electron chi connectivity index (χ0n) is 12.4. The number of fused-ring (bicyclic) bond motifs is 1. The van der Waals surface area contributed by atoms with Gasteiger partial charge in [0.15, 0.2) is 5.82 Å². The molecule has 0 fully saturated rings. The molecule has 0 unspecified atom stereocenters. The van der Waals surface area contributed by atoms with Crippen molar-refractivity contribution in [1.29, 1.82) is 0 Å². The molecule has 2 aromatic carbocycles. The molecule has 7 heteroatoms. The zero-order valence-corrected chi connectivity index (χ0v) is 13.2. The van der Waals surface area contributed by atoms with Crippen LogP contribution < -0.4 is 4.74 Å². The highest BCUT2D eigenvalue weighted by molar-refractivity contribution is 7.90. The summed E-state index contributed by atoms with van der Waals surface area (Å²) in [5.74, 6) is -1.59. The summed E-state index contributed by atoms with van der Waals surface area (Å²) in [5, 5.41) is -0.190. The molecule has 0 saturated carbocycles. The molecule has 0 aliphatic carbocycles. The summed E-state index contributed by atoms with van der Waals surface area (Å²) in [6.45, 7) is 1.29. The van der Waals surface area contributed by atoms with Gasteiger partial charge >= 0.3 is 0 Å². The normalized spacial score (nSPS) is 11.8. The van der Waals surface area contributed by atoms with Crippen LogP contribution in [0.5, 0.6) is 5.75 Å². The van der Waals surface area contributed by atoms with Crippen LogP contribution in [0.3, 0.4) is 0 Å². The summed E-state index contributed by atoms with van der Waals surface area (Å²) in [6, 6.07) is 9.80. The lowest BCUT2D eigenvalue weighted by Crippen LogP contribution is -2.15. The fourth-order valence-corrected chi connectivity index (χ4v) is 4.14. The molecule has 0 saturated heterocycles. The second-order valence-electron chi connectivity index (χ2n) is 4.96. The molecule has 0 aliphatic rings. The molecule has 1 aromatic heterocycles. The minimum absolute atomic E-state index is 0.0535. The van der Waals surface area contributed by atoms with Crippen molar-refractivity contribution in [3.8, 4) is 5.75 Å². The third kappa shape index (κ3) is 2.19. The van der Waals surface area contributed by atoms with E-state index in [4.69, 9.17) is 4.74 Å². The van der Waals surface area contributed by atoms with Gasteiger partial charge < -0.3 is 4.74 Å². The Morgan fingerprint density at radius 3 is 2.30 bits per heavy atom. The molecule has 0 amide bonds. The Balaban J connectivity index is 2.47. The molecule has 23 heavy (non-hydrogen) atoms. The molecule has 120 valence electrons. The van der Waals surface area contributed by atoms with E-state index in [2.05, 4.69) is 0 Å².